The van der Waals surface area contributed by atoms with Crippen molar-refractivity contribution in [2.75, 3.05) is 18.5 Å². The molecule has 0 aliphatic rings. The molecule has 33 heavy (non-hydrogen) atoms. The molecule has 1 heterocycles. The molecular formula is C24H23N3O6. The van der Waals surface area contributed by atoms with Gasteiger partial charge in [0.1, 0.15) is 0 Å². The monoisotopic (exact) mass is 449 g/mol. The van der Waals surface area contributed by atoms with Gasteiger partial charge < -0.3 is 14.8 Å². The predicted octanol–water partition coefficient (Wildman–Crippen LogP) is 2.94. The van der Waals surface area contributed by atoms with Crippen LogP contribution < -0.4 is 15.6 Å². The van der Waals surface area contributed by atoms with E-state index in [2.05, 4.69) is 10.4 Å². The van der Waals surface area contributed by atoms with Crippen LogP contribution in [0.25, 0.3) is 5.69 Å². The second-order valence-corrected chi connectivity index (χ2v) is 7.13. The molecule has 3 aromatic rings. The number of carbonyl (C=O) groups is 3. The number of nitrogens with one attached hydrogen (secondary N) is 1. The minimum absolute atomic E-state index is 0.0874. The Balaban J connectivity index is 1.80. The Kier molecular flexibility index (Phi) is 7.34. The summed E-state index contributed by atoms with van der Waals surface area (Å²) in [6.07, 6.45) is 0. The topological polar surface area (TPSA) is 117 Å². The number of Topliss-reactive ketones (excluding diaryl/α,β-unsaturated/α-hetero) is 1. The minimum atomic E-state index is -0.784. The Morgan fingerprint density at radius 3 is 2.30 bits per heavy atom. The summed E-state index contributed by atoms with van der Waals surface area (Å²) in [5, 5.41) is 6.73. The number of benzene rings is 2. The zero-order valence-corrected chi connectivity index (χ0v) is 18.5. The highest BCUT2D eigenvalue weighted by atomic mass is 16.5. The highest BCUT2D eigenvalue weighted by Gasteiger charge is 2.20. The van der Waals surface area contributed by atoms with Gasteiger partial charge in [-0.2, -0.15) is 9.78 Å². The van der Waals surface area contributed by atoms with Crippen molar-refractivity contribution in [1.82, 2.24) is 9.78 Å². The van der Waals surface area contributed by atoms with E-state index in [9.17, 15) is 19.2 Å². The van der Waals surface area contributed by atoms with Crippen LogP contribution in [-0.4, -0.2) is 40.7 Å². The molecule has 1 N–H and O–H groups in total. The highest BCUT2D eigenvalue weighted by Crippen LogP contribution is 2.17. The van der Waals surface area contributed by atoms with Crippen molar-refractivity contribution in [3.8, 4) is 11.4 Å². The molecule has 1 amide bonds. The van der Waals surface area contributed by atoms with E-state index in [1.807, 2.05) is 19.1 Å². The average molecular weight is 449 g/mol. The van der Waals surface area contributed by atoms with Crippen molar-refractivity contribution in [3.63, 3.8) is 0 Å². The highest BCUT2D eigenvalue weighted by molar-refractivity contribution is 5.96. The Morgan fingerprint density at radius 1 is 1.03 bits per heavy atom. The van der Waals surface area contributed by atoms with Gasteiger partial charge in [0.05, 0.1) is 18.4 Å². The van der Waals surface area contributed by atoms with Crippen molar-refractivity contribution in [1.29, 1.82) is 0 Å². The summed E-state index contributed by atoms with van der Waals surface area (Å²) in [7, 11) is 0. The first-order chi connectivity index (χ1) is 15.8. The van der Waals surface area contributed by atoms with Gasteiger partial charge in [0.2, 0.25) is 5.69 Å². The van der Waals surface area contributed by atoms with Gasteiger partial charge in [-0.15, -0.1) is 0 Å². The number of amides is 1. The normalized spacial score (nSPS) is 10.4. The molecule has 0 saturated heterocycles. The SMILES string of the molecule is CCOC(=O)c1nn(-c2ccc(C)cc2)c(=O)cc1OCC(=O)Nc1ccc(C(C)=O)cc1. The first kappa shape index (κ1) is 23.4. The first-order valence-corrected chi connectivity index (χ1v) is 10.2. The Morgan fingerprint density at radius 2 is 1.70 bits per heavy atom. The number of nitrogens with zero attached hydrogens (tertiary/aromatic N) is 2. The summed E-state index contributed by atoms with van der Waals surface area (Å²) in [5.41, 5.74) is 1.68. The van der Waals surface area contributed by atoms with Crippen molar-refractivity contribution < 1.29 is 23.9 Å². The molecule has 0 bridgehead atoms. The number of aryl methyl sites for hydroxylation is 1. The molecule has 9 heteroatoms. The number of esters is 1. The van der Waals surface area contributed by atoms with E-state index in [1.165, 1.54) is 6.92 Å². The molecule has 0 spiro atoms. The largest absolute Gasteiger partial charge is 0.481 e. The fourth-order valence-electron chi connectivity index (χ4n) is 2.89. The number of hydrogen-bond donors (Lipinski definition) is 1. The second-order valence-electron chi connectivity index (χ2n) is 7.13. The van der Waals surface area contributed by atoms with E-state index in [-0.39, 0.29) is 23.8 Å². The first-order valence-electron chi connectivity index (χ1n) is 10.2. The number of carbonyl (C=O) groups excluding carboxylic acids is 3. The standard InChI is InChI=1S/C24H23N3O6/c1-4-32-24(31)23-20(13-22(30)27(26-23)19-11-5-15(2)6-12-19)33-14-21(29)25-18-9-7-17(8-10-18)16(3)28/h5-13H,4,14H2,1-3H3,(H,25,29). The molecular weight excluding hydrogens is 426 g/mol. The minimum Gasteiger partial charge on any atom is -0.481 e. The van der Waals surface area contributed by atoms with Crippen molar-refractivity contribution in [2.24, 2.45) is 0 Å². The van der Waals surface area contributed by atoms with Crippen LogP contribution in [0, 0.1) is 6.92 Å². The lowest BCUT2D eigenvalue weighted by molar-refractivity contribution is -0.118. The van der Waals surface area contributed by atoms with Crippen molar-refractivity contribution in [2.45, 2.75) is 20.8 Å². The lowest BCUT2D eigenvalue weighted by Crippen LogP contribution is -2.27. The molecule has 2 aromatic carbocycles. The van der Waals surface area contributed by atoms with Gasteiger partial charge in [-0.3, -0.25) is 14.4 Å². The van der Waals surface area contributed by atoms with Crippen LogP contribution in [0.2, 0.25) is 0 Å². The van der Waals surface area contributed by atoms with E-state index >= 15 is 0 Å². The van der Waals surface area contributed by atoms with E-state index < -0.39 is 24.0 Å². The lowest BCUT2D eigenvalue weighted by atomic mass is 10.1. The van der Waals surface area contributed by atoms with Gasteiger partial charge in [-0.1, -0.05) is 17.7 Å². The van der Waals surface area contributed by atoms with Crippen LogP contribution >= 0.6 is 0 Å². The molecule has 1 aromatic heterocycles. The number of anilines is 1. The number of ketones is 1. The third kappa shape index (κ3) is 5.91. The molecule has 170 valence electrons. The van der Waals surface area contributed by atoms with Crippen LogP contribution in [0.5, 0.6) is 5.75 Å². The van der Waals surface area contributed by atoms with Crippen LogP contribution in [0.15, 0.2) is 59.4 Å². The van der Waals surface area contributed by atoms with Crippen LogP contribution in [0.4, 0.5) is 5.69 Å². The third-order valence-corrected chi connectivity index (χ3v) is 4.58. The fourth-order valence-corrected chi connectivity index (χ4v) is 2.89. The maximum atomic E-state index is 12.6. The Bertz CT molecular complexity index is 1230. The van der Waals surface area contributed by atoms with E-state index in [0.29, 0.717) is 16.9 Å². The summed E-state index contributed by atoms with van der Waals surface area (Å²) < 4.78 is 11.5. The molecule has 0 fully saturated rings. The molecule has 0 unspecified atom stereocenters. The molecule has 0 aliphatic heterocycles. The van der Waals surface area contributed by atoms with E-state index in [0.717, 1.165) is 16.3 Å². The molecule has 9 nitrogen and oxygen atoms in total. The van der Waals surface area contributed by atoms with E-state index in [4.69, 9.17) is 9.47 Å². The number of ether oxygens (including phenoxy) is 2. The van der Waals surface area contributed by atoms with Crippen molar-refractivity contribution in [3.05, 3.63) is 81.8 Å². The van der Waals surface area contributed by atoms with Gasteiger partial charge in [0.25, 0.3) is 11.5 Å². The van der Waals surface area contributed by atoms with Gasteiger partial charge in [-0.05, 0) is 57.2 Å². The molecule has 0 atom stereocenters. The summed E-state index contributed by atoms with van der Waals surface area (Å²) in [6.45, 7) is 4.61. The maximum Gasteiger partial charge on any atom is 0.362 e. The van der Waals surface area contributed by atoms with Crippen LogP contribution in [-0.2, 0) is 9.53 Å². The quantitative estimate of drug-likeness (QED) is 0.415. The van der Waals surface area contributed by atoms with Gasteiger partial charge in [-0.25, -0.2) is 4.79 Å². The third-order valence-electron chi connectivity index (χ3n) is 4.58. The van der Waals surface area contributed by atoms with Gasteiger partial charge in [0, 0.05) is 11.3 Å². The summed E-state index contributed by atoms with van der Waals surface area (Å²) >= 11 is 0. The zero-order valence-electron chi connectivity index (χ0n) is 18.5. The lowest BCUT2D eigenvalue weighted by Gasteiger charge is -2.13. The molecule has 0 saturated carbocycles. The van der Waals surface area contributed by atoms with Crippen molar-refractivity contribution >= 4 is 23.3 Å². The Labute approximate surface area is 190 Å². The fraction of sp³-hybridized carbons (Fsp3) is 0.208. The maximum absolute atomic E-state index is 12.6. The smallest absolute Gasteiger partial charge is 0.362 e. The summed E-state index contributed by atoms with van der Waals surface area (Å²) in [6, 6.07) is 14.5. The number of hydrogen-bond acceptors (Lipinski definition) is 7. The number of rotatable bonds is 8. The van der Waals surface area contributed by atoms with Crippen LogP contribution in [0.1, 0.15) is 40.3 Å². The van der Waals surface area contributed by atoms with Crippen LogP contribution in [0.3, 0.4) is 0 Å². The molecule has 3 rings (SSSR count). The molecule has 0 aliphatic carbocycles. The Hall–Kier alpha value is -4.27. The predicted molar refractivity (Wildman–Crippen MR) is 121 cm³/mol. The molecule has 0 radical (unpaired) electrons. The van der Waals surface area contributed by atoms with E-state index in [1.54, 1.807) is 43.3 Å². The van der Waals surface area contributed by atoms with Gasteiger partial charge >= 0.3 is 5.97 Å². The zero-order chi connectivity index (χ0) is 24.0. The van der Waals surface area contributed by atoms with Gasteiger partial charge in [0.15, 0.2) is 18.1 Å². The average Bonchev–Trinajstić information content (AvgIpc) is 2.79. The second kappa shape index (κ2) is 10.4. The number of aromatic nitrogens is 2. The summed E-state index contributed by atoms with van der Waals surface area (Å²) in [5.74, 6) is -1.56. The summed E-state index contributed by atoms with van der Waals surface area (Å²) in [4.78, 5) is 48.7.